The van der Waals surface area contributed by atoms with Crippen molar-refractivity contribution in [2.75, 3.05) is 26.2 Å². The van der Waals surface area contributed by atoms with Crippen molar-refractivity contribution in [3.63, 3.8) is 0 Å². The van der Waals surface area contributed by atoms with Gasteiger partial charge in [-0.3, -0.25) is 9.59 Å². The second-order valence-corrected chi connectivity index (χ2v) is 7.29. The van der Waals surface area contributed by atoms with Crippen molar-refractivity contribution >= 4 is 11.8 Å². The largest absolute Gasteiger partial charge is 0.343 e. The molecule has 3 rings (SSSR count). The van der Waals surface area contributed by atoms with Crippen LogP contribution in [0.25, 0.3) is 5.69 Å². The van der Waals surface area contributed by atoms with Gasteiger partial charge in [-0.15, -0.1) is 0 Å². The van der Waals surface area contributed by atoms with E-state index in [1.807, 2.05) is 71.1 Å². The second-order valence-electron chi connectivity index (χ2n) is 7.29. The van der Waals surface area contributed by atoms with Crippen LogP contribution < -0.4 is 0 Å². The lowest BCUT2D eigenvalue weighted by Gasteiger charge is -2.33. The number of para-hydroxylation sites is 1. The van der Waals surface area contributed by atoms with Gasteiger partial charge in [-0.25, -0.2) is 4.68 Å². The van der Waals surface area contributed by atoms with Crippen molar-refractivity contribution in [2.24, 2.45) is 5.92 Å². The molecule has 0 bridgehead atoms. The van der Waals surface area contributed by atoms with Crippen LogP contribution in [0.5, 0.6) is 0 Å². The van der Waals surface area contributed by atoms with Gasteiger partial charge in [-0.1, -0.05) is 18.2 Å². The highest BCUT2D eigenvalue weighted by Crippen LogP contribution is 2.21. The average molecular weight is 383 g/mol. The topological polar surface area (TPSA) is 58.4 Å². The first kappa shape index (κ1) is 20.1. The lowest BCUT2D eigenvalue weighted by Crippen LogP contribution is -2.44. The number of benzene rings is 1. The zero-order valence-corrected chi connectivity index (χ0v) is 16.9. The predicted octanol–water partition coefficient (Wildman–Crippen LogP) is 2.91. The summed E-state index contributed by atoms with van der Waals surface area (Å²) in [6.07, 6.45) is 6.52. The van der Waals surface area contributed by atoms with E-state index in [2.05, 4.69) is 5.10 Å². The Bertz CT molecular complexity index is 775. The highest BCUT2D eigenvalue weighted by molar-refractivity contribution is 5.80. The minimum Gasteiger partial charge on any atom is -0.343 e. The number of likely N-dealkylation sites (tertiary alicyclic amines) is 1. The van der Waals surface area contributed by atoms with Gasteiger partial charge in [0.1, 0.15) is 0 Å². The first-order valence-corrected chi connectivity index (χ1v) is 10.3. The third kappa shape index (κ3) is 4.80. The van der Waals surface area contributed by atoms with Crippen molar-refractivity contribution in [3.05, 3.63) is 48.3 Å². The number of carbonyl (C=O) groups is 2. The zero-order valence-electron chi connectivity index (χ0n) is 16.9. The summed E-state index contributed by atoms with van der Waals surface area (Å²) in [4.78, 5) is 28.9. The Balaban J connectivity index is 1.46. The molecule has 150 valence electrons. The molecule has 1 aromatic heterocycles. The summed E-state index contributed by atoms with van der Waals surface area (Å²) in [7, 11) is 0. The van der Waals surface area contributed by atoms with Crippen LogP contribution in [0.3, 0.4) is 0 Å². The summed E-state index contributed by atoms with van der Waals surface area (Å²) in [6, 6.07) is 9.95. The Labute approximate surface area is 167 Å². The highest BCUT2D eigenvalue weighted by atomic mass is 16.2. The number of aromatic nitrogens is 2. The fraction of sp³-hybridized carbons (Fsp3) is 0.500. The standard InChI is InChI=1S/C22H30N4O2/c1-3-24(4-2)22(28)19-12-14-25(15-13-19)21(27)11-10-18-16-23-26(17-18)20-8-6-5-7-9-20/h5-9,16-17,19H,3-4,10-15H2,1-2H3. The van der Waals surface area contributed by atoms with Crippen molar-refractivity contribution in [3.8, 4) is 5.69 Å². The van der Waals surface area contributed by atoms with Gasteiger partial charge in [0.05, 0.1) is 11.9 Å². The monoisotopic (exact) mass is 382 g/mol. The van der Waals surface area contributed by atoms with Crippen LogP contribution in [0.15, 0.2) is 42.7 Å². The first-order chi connectivity index (χ1) is 13.6. The van der Waals surface area contributed by atoms with Gasteiger partial charge in [0.15, 0.2) is 0 Å². The molecule has 0 radical (unpaired) electrons. The van der Waals surface area contributed by atoms with E-state index in [0.29, 0.717) is 25.9 Å². The molecule has 0 unspecified atom stereocenters. The van der Waals surface area contributed by atoms with Crippen LogP contribution in [0.1, 0.15) is 38.7 Å². The molecule has 2 aromatic rings. The zero-order chi connectivity index (χ0) is 19.9. The van der Waals surface area contributed by atoms with Crippen LogP contribution in [0, 0.1) is 5.92 Å². The molecular formula is C22H30N4O2. The fourth-order valence-electron chi connectivity index (χ4n) is 3.79. The van der Waals surface area contributed by atoms with Crippen LogP contribution in [0.4, 0.5) is 0 Å². The summed E-state index contributed by atoms with van der Waals surface area (Å²) in [5.74, 6) is 0.472. The molecule has 0 saturated carbocycles. The van der Waals surface area contributed by atoms with E-state index in [9.17, 15) is 9.59 Å². The van der Waals surface area contributed by atoms with Gasteiger partial charge in [0.25, 0.3) is 0 Å². The molecular weight excluding hydrogens is 352 g/mol. The summed E-state index contributed by atoms with van der Waals surface area (Å²) < 4.78 is 1.84. The third-order valence-corrected chi connectivity index (χ3v) is 5.56. The van der Waals surface area contributed by atoms with E-state index in [-0.39, 0.29) is 17.7 Å². The SMILES string of the molecule is CCN(CC)C(=O)C1CCN(C(=O)CCc2cnn(-c3ccccc3)c2)CC1. The van der Waals surface area contributed by atoms with Crippen LogP contribution in [-0.4, -0.2) is 57.6 Å². The Hall–Kier alpha value is -2.63. The number of amides is 2. The first-order valence-electron chi connectivity index (χ1n) is 10.3. The predicted molar refractivity (Wildman–Crippen MR) is 109 cm³/mol. The summed E-state index contributed by atoms with van der Waals surface area (Å²) in [5.41, 5.74) is 2.07. The van der Waals surface area contributed by atoms with Crippen LogP contribution in [0.2, 0.25) is 0 Å². The second kappa shape index (κ2) is 9.53. The third-order valence-electron chi connectivity index (χ3n) is 5.56. The molecule has 1 fully saturated rings. The summed E-state index contributed by atoms with van der Waals surface area (Å²) in [6.45, 7) is 6.90. The number of nitrogens with zero attached hydrogens (tertiary/aromatic N) is 4. The van der Waals surface area contributed by atoms with Crippen molar-refractivity contribution < 1.29 is 9.59 Å². The molecule has 0 aliphatic carbocycles. The summed E-state index contributed by atoms with van der Waals surface area (Å²) in [5, 5.41) is 4.39. The maximum absolute atomic E-state index is 12.6. The number of rotatable bonds is 7. The normalized spacial score (nSPS) is 14.9. The van der Waals surface area contributed by atoms with E-state index in [4.69, 9.17) is 0 Å². The molecule has 0 atom stereocenters. The van der Waals surface area contributed by atoms with E-state index in [1.54, 1.807) is 0 Å². The minimum atomic E-state index is 0.0630. The lowest BCUT2D eigenvalue weighted by atomic mass is 9.95. The molecule has 1 aromatic carbocycles. The molecule has 1 aliphatic rings. The van der Waals surface area contributed by atoms with Crippen molar-refractivity contribution in [2.45, 2.75) is 39.5 Å². The van der Waals surface area contributed by atoms with E-state index in [0.717, 1.165) is 37.2 Å². The van der Waals surface area contributed by atoms with Crippen molar-refractivity contribution in [1.82, 2.24) is 19.6 Å². The summed E-state index contributed by atoms with van der Waals surface area (Å²) >= 11 is 0. The minimum absolute atomic E-state index is 0.0630. The highest BCUT2D eigenvalue weighted by Gasteiger charge is 2.29. The van der Waals surface area contributed by atoms with Crippen LogP contribution in [-0.2, 0) is 16.0 Å². The Morgan fingerprint density at radius 2 is 1.79 bits per heavy atom. The molecule has 1 aliphatic heterocycles. The maximum Gasteiger partial charge on any atom is 0.225 e. The molecule has 6 heteroatoms. The number of hydrogen-bond acceptors (Lipinski definition) is 3. The van der Waals surface area contributed by atoms with Gasteiger partial charge >= 0.3 is 0 Å². The Morgan fingerprint density at radius 1 is 1.11 bits per heavy atom. The van der Waals surface area contributed by atoms with Gasteiger partial charge in [0.2, 0.25) is 11.8 Å². The molecule has 0 spiro atoms. The molecule has 1 saturated heterocycles. The number of aryl methyl sites for hydroxylation is 1. The lowest BCUT2D eigenvalue weighted by molar-refractivity contribution is -0.140. The van der Waals surface area contributed by atoms with E-state index in [1.165, 1.54) is 0 Å². The van der Waals surface area contributed by atoms with Crippen molar-refractivity contribution in [1.29, 1.82) is 0 Å². The molecule has 0 N–H and O–H groups in total. The Kier molecular flexibility index (Phi) is 6.85. The number of carbonyl (C=O) groups excluding carboxylic acids is 2. The smallest absolute Gasteiger partial charge is 0.225 e. The van der Waals surface area contributed by atoms with Gasteiger partial charge < -0.3 is 9.80 Å². The maximum atomic E-state index is 12.6. The molecule has 6 nitrogen and oxygen atoms in total. The fourth-order valence-corrected chi connectivity index (χ4v) is 3.79. The van der Waals surface area contributed by atoms with Gasteiger partial charge in [-0.2, -0.15) is 5.10 Å². The van der Waals surface area contributed by atoms with E-state index < -0.39 is 0 Å². The molecule has 2 amide bonds. The van der Waals surface area contributed by atoms with Gasteiger partial charge in [0, 0.05) is 44.7 Å². The average Bonchev–Trinajstić information content (AvgIpc) is 3.22. The van der Waals surface area contributed by atoms with Crippen LogP contribution >= 0.6 is 0 Å². The Morgan fingerprint density at radius 3 is 2.43 bits per heavy atom. The van der Waals surface area contributed by atoms with E-state index >= 15 is 0 Å². The molecule has 2 heterocycles. The van der Waals surface area contributed by atoms with Gasteiger partial charge in [-0.05, 0) is 50.8 Å². The quantitative estimate of drug-likeness (QED) is 0.740. The number of piperidine rings is 1. The molecule has 28 heavy (non-hydrogen) atoms. The number of hydrogen-bond donors (Lipinski definition) is 0.